The SMILES string of the molecule is C[C@H](CCC(=O)O)[C@H]1CC[C@@H]2[C@]1(C)CC[C@@H]1[C@@]3(C)CC[C@@H](O)C[C@H]3C[C@@H](O)[C@]12C. The van der Waals surface area contributed by atoms with E-state index in [1.807, 2.05) is 0 Å². The minimum Gasteiger partial charge on any atom is -0.481 e. The molecule has 0 saturated heterocycles. The highest BCUT2D eigenvalue weighted by Gasteiger charge is 2.68. The lowest BCUT2D eigenvalue weighted by Gasteiger charge is -2.67. The predicted molar refractivity (Wildman–Crippen MR) is 113 cm³/mol. The molecule has 0 heterocycles. The van der Waals surface area contributed by atoms with E-state index in [2.05, 4.69) is 27.7 Å². The van der Waals surface area contributed by atoms with Gasteiger partial charge in [-0.25, -0.2) is 0 Å². The molecule has 4 saturated carbocycles. The van der Waals surface area contributed by atoms with E-state index >= 15 is 0 Å². The Labute approximate surface area is 176 Å². The van der Waals surface area contributed by atoms with Crippen LogP contribution in [0.3, 0.4) is 0 Å². The summed E-state index contributed by atoms with van der Waals surface area (Å²) in [5, 5.41) is 30.9. The fourth-order valence-electron chi connectivity index (χ4n) is 9.39. The molecule has 4 aliphatic rings. The number of aliphatic hydroxyl groups excluding tert-OH is 2. The van der Waals surface area contributed by atoms with Gasteiger partial charge in [-0.2, -0.15) is 0 Å². The van der Waals surface area contributed by atoms with Crippen molar-refractivity contribution in [3.63, 3.8) is 0 Å². The quantitative estimate of drug-likeness (QED) is 0.622. The van der Waals surface area contributed by atoms with Gasteiger partial charge in [0.2, 0.25) is 0 Å². The van der Waals surface area contributed by atoms with Crippen LogP contribution in [-0.4, -0.2) is 33.5 Å². The van der Waals surface area contributed by atoms with Crippen LogP contribution >= 0.6 is 0 Å². The molecule has 4 heteroatoms. The Hall–Kier alpha value is -0.610. The summed E-state index contributed by atoms with van der Waals surface area (Å²) in [4.78, 5) is 11.1. The first kappa shape index (κ1) is 21.6. The lowest BCUT2D eigenvalue weighted by atomic mass is 9.38. The first-order valence-electron chi connectivity index (χ1n) is 12.1. The van der Waals surface area contributed by atoms with Gasteiger partial charge in [-0.1, -0.05) is 27.7 Å². The number of carbonyl (C=O) groups is 1. The Morgan fingerprint density at radius 2 is 1.62 bits per heavy atom. The first-order valence-corrected chi connectivity index (χ1v) is 12.1. The fourth-order valence-corrected chi connectivity index (χ4v) is 9.39. The molecule has 0 bridgehead atoms. The third kappa shape index (κ3) is 3.11. The average Bonchev–Trinajstić information content (AvgIpc) is 3.00. The maximum absolute atomic E-state index is 11.5. The van der Waals surface area contributed by atoms with Crippen molar-refractivity contribution in [2.75, 3.05) is 0 Å². The summed E-state index contributed by atoms with van der Waals surface area (Å²) in [6.07, 6.45) is 8.98. The molecule has 3 N–H and O–H groups in total. The molecule has 0 aliphatic heterocycles. The molecule has 0 spiro atoms. The zero-order valence-electron chi connectivity index (χ0n) is 18.9. The lowest BCUT2D eigenvalue weighted by Crippen LogP contribution is -2.64. The molecule has 0 aromatic rings. The summed E-state index contributed by atoms with van der Waals surface area (Å²) in [6, 6.07) is 0. The van der Waals surface area contributed by atoms with E-state index < -0.39 is 5.97 Å². The minimum absolute atomic E-state index is 0.0538. The van der Waals surface area contributed by atoms with E-state index in [1.165, 1.54) is 25.7 Å². The van der Waals surface area contributed by atoms with Gasteiger partial charge in [0.05, 0.1) is 12.2 Å². The molecule has 0 radical (unpaired) electrons. The Morgan fingerprint density at radius 1 is 0.966 bits per heavy atom. The van der Waals surface area contributed by atoms with Crippen molar-refractivity contribution >= 4 is 5.97 Å². The number of aliphatic carboxylic acids is 1. The fraction of sp³-hybridized carbons (Fsp3) is 0.960. The molecule has 0 unspecified atom stereocenters. The van der Waals surface area contributed by atoms with Gasteiger partial charge in [0.25, 0.3) is 0 Å². The standard InChI is InChI=1S/C25H42O4/c1-15(5-8-22(28)29)18-6-7-19-24(18,3)12-10-20-23(2)11-9-17(26)13-16(23)14-21(27)25(19,20)4/h15-21,26-27H,5-14H2,1-4H3,(H,28,29)/t15-,16+,17-,18-,19-,20-,21-,23+,24-,25+/m1/s1. The van der Waals surface area contributed by atoms with Crippen LogP contribution in [0.4, 0.5) is 0 Å². The number of carboxylic acids is 1. The summed E-state index contributed by atoms with van der Waals surface area (Å²) >= 11 is 0. The van der Waals surface area contributed by atoms with Gasteiger partial charge < -0.3 is 15.3 Å². The Bertz CT molecular complexity index is 649. The van der Waals surface area contributed by atoms with Crippen molar-refractivity contribution in [1.29, 1.82) is 0 Å². The number of fused-ring (bicyclic) bond motifs is 5. The number of carboxylic acid groups (broad SMARTS) is 1. The lowest BCUT2D eigenvalue weighted by molar-refractivity contribution is -0.225. The second-order valence-corrected chi connectivity index (χ2v) is 12.0. The number of rotatable bonds is 4. The van der Waals surface area contributed by atoms with Gasteiger partial charge >= 0.3 is 5.97 Å². The van der Waals surface area contributed by atoms with Gasteiger partial charge in [-0.15, -0.1) is 0 Å². The number of hydrogen-bond donors (Lipinski definition) is 3. The van der Waals surface area contributed by atoms with Crippen LogP contribution in [-0.2, 0) is 4.79 Å². The van der Waals surface area contributed by atoms with Crippen LogP contribution in [0, 0.1) is 45.8 Å². The van der Waals surface area contributed by atoms with E-state index in [4.69, 9.17) is 5.11 Å². The normalized spacial score (nSPS) is 52.9. The predicted octanol–water partition coefficient (Wildman–Crippen LogP) is 4.87. The topological polar surface area (TPSA) is 77.8 Å². The van der Waals surface area contributed by atoms with Gasteiger partial charge in [0.15, 0.2) is 0 Å². The molecule has 4 aliphatic carbocycles. The zero-order valence-corrected chi connectivity index (χ0v) is 18.9. The van der Waals surface area contributed by atoms with Crippen molar-refractivity contribution in [1.82, 2.24) is 0 Å². The molecule has 4 fully saturated rings. The van der Waals surface area contributed by atoms with Crippen LogP contribution < -0.4 is 0 Å². The van der Waals surface area contributed by atoms with Gasteiger partial charge in [0, 0.05) is 11.8 Å². The molecule has 166 valence electrons. The summed E-state index contributed by atoms with van der Waals surface area (Å²) in [5.41, 5.74) is 0.394. The summed E-state index contributed by atoms with van der Waals surface area (Å²) in [7, 11) is 0. The van der Waals surface area contributed by atoms with E-state index in [-0.39, 0.29) is 34.9 Å². The van der Waals surface area contributed by atoms with E-state index in [0.717, 1.165) is 32.1 Å². The monoisotopic (exact) mass is 406 g/mol. The van der Waals surface area contributed by atoms with Crippen LogP contribution in [0.15, 0.2) is 0 Å². The molecule has 29 heavy (non-hydrogen) atoms. The van der Waals surface area contributed by atoms with Crippen molar-refractivity contribution in [2.24, 2.45) is 45.8 Å². The highest BCUT2D eigenvalue weighted by atomic mass is 16.4. The molecular weight excluding hydrogens is 364 g/mol. The van der Waals surface area contributed by atoms with Crippen LogP contribution in [0.5, 0.6) is 0 Å². The van der Waals surface area contributed by atoms with Crippen molar-refractivity contribution in [3.05, 3.63) is 0 Å². The first-order chi connectivity index (χ1) is 13.5. The van der Waals surface area contributed by atoms with E-state index in [0.29, 0.717) is 29.6 Å². The van der Waals surface area contributed by atoms with E-state index in [9.17, 15) is 15.0 Å². The molecule has 4 rings (SSSR count). The Balaban J connectivity index is 1.62. The third-order valence-corrected chi connectivity index (χ3v) is 10.9. The van der Waals surface area contributed by atoms with Crippen LogP contribution in [0.25, 0.3) is 0 Å². The summed E-state index contributed by atoms with van der Waals surface area (Å²) in [5.74, 6) is 1.79. The van der Waals surface area contributed by atoms with Crippen molar-refractivity contribution in [3.8, 4) is 0 Å². The number of aliphatic hydroxyl groups is 2. The van der Waals surface area contributed by atoms with Gasteiger partial charge in [-0.3, -0.25) is 4.79 Å². The van der Waals surface area contributed by atoms with E-state index in [1.54, 1.807) is 0 Å². The highest BCUT2D eigenvalue weighted by Crippen LogP contribution is 2.72. The molecule has 0 aromatic carbocycles. The van der Waals surface area contributed by atoms with Gasteiger partial charge in [-0.05, 0) is 98.2 Å². The molecule has 0 aromatic heterocycles. The molecule has 4 nitrogen and oxygen atoms in total. The van der Waals surface area contributed by atoms with Crippen LogP contribution in [0.2, 0.25) is 0 Å². The third-order valence-electron chi connectivity index (χ3n) is 10.9. The van der Waals surface area contributed by atoms with Crippen molar-refractivity contribution in [2.45, 2.75) is 104 Å². The van der Waals surface area contributed by atoms with Gasteiger partial charge in [0.1, 0.15) is 0 Å². The minimum atomic E-state index is -0.687. The maximum Gasteiger partial charge on any atom is 0.303 e. The van der Waals surface area contributed by atoms with Crippen LogP contribution in [0.1, 0.15) is 91.9 Å². The smallest absolute Gasteiger partial charge is 0.303 e. The highest BCUT2D eigenvalue weighted by molar-refractivity contribution is 5.66. The summed E-state index contributed by atoms with van der Waals surface area (Å²) < 4.78 is 0. The second kappa shape index (κ2) is 7.22. The zero-order chi connectivity index (χ0) is 21.2. The average molecular weight is 407 g/mol. The summed E-state index contributed by atoms with van der Waals surface area (Å²) in [6.45, 7) is 9.57. The Kier molecular flexibility index (Phi) is 5.38. The Morgan fingerprint density at radius 3 is 2.31 bits per heavy atom. The molecule has 0 amide bonds. The molecule has 10 atom stereocenters. The second-order valence-electron chi connectivity index (χ2n) is 12.0. The maximum atomic E-state index is 11.5. The molecular formula is C25H42O4. The van der Waals surface area contributed by atoms with Crippen molar-refractivity contribution < 1.29 is 20.1 Å². The largest absolute Gasteiger partial charge is 0.481 e. The number of hydrogen-bond acceptors (Lipinski definition) is 3.